The Labute approximate surface area is 107 Å². The van der Waals surface area contributed by atoms with E-state index in [1.165, 1.54) is 25.7 Å². The van der Waals surface area contributed by atoms with Gasteiger partial charge in [-0.3, -0.25) is 0 Å². The molecule has 0 aromatic carbocycles. The fourth-order valence-corrected chi connectivity index (χ4v) is 3.07. The second kappa shape index (κ2) is 4.97. The van der Waals surface area contributed by atoms with Gasteiger partial charge in [-0.25, -0.2) is 0 Å². The number of nitrogens with zero attached hydrogens (tertiary/aromatic N) is 2. The van der Waals surface area contributed by atoms with E-state index < -0.39 is 0 Å². The maximum absolute atomic E-state index is 5.80. The maximum atomic E-state index is 5.80. The Morgan fingerprint density at radius 3 is 2.89 bits per heavy atom. The van der Waals surface area contributed by atoms with Crippen LogP contribution in [0.15, 0.2) is 4.52 Å². The Bertz CT molecular complexity index is 403. The summed E-state index contributed by atoms with van der Waals surface area (Å²) in [5, 5.41) is 4.11. The highest BCUT2D eigenvalue weighted by molar-refractivity contribution is 5.04. The van der Waals surface area contributed by atoms with Gasteiger partial charge in [0.2, 0.25) is 11.7 Å². The molecule has 0 amide bonds. The second-order valence-corrected chi connectivity index (χ2v) is 5.52. The third-order valence-electron chi connectivity index (χ3n) is 4.30. The van der Waals surface area contributed by atoms with Gasteiger partial charge in [0, 0.05) is 13.0 Å². The zero-order valence-corrected chi connectivity index (χ0v) is 10.8. The first-order valence-electron chi connectivity index (χ1n) is 6.89. The summed E-state index contributed by atoms with van der Waals surface area (Å²) in [6, 6.07) is 0. The molecule has 1 heterocycles. The quantitative estimate of drug-likeness (QED) is 0.866. The van der Waals surface area contributed by atoms with Crippen molar-refractivity contribution in [2.45, 2.75) is 44.1 Å². The Kier molecular flexibility index (Phi) is 3.35. The van der Waals surface area contributed by atoms with E-state index in [4.69, 9.17) is 15.0 Å². The molecule has 0 radical (unpaired) electrons. The average molecular weight is 251 g/mol. The van der Waals surface area contributed by atoms with Gasteiger partial charge in [0.15, 0.2) is 0 Å². The van der Waals surface area contributed by atoms with Crippen LogP contribution in [-0.4, -0.2) is 23.8 Å². The van der Waals surface area contributed by atoms with E-state index in [2.05, 4.69) is 10.1 Å². The van der Waals surface area contributed by atoms with E-state index in [1.807, 2.05) is 0 Å². The molecule has 5 heteroatoms. The number of hydrogen-bond donors (Lipinski definition) is 1. The van der Waals surface area contributed by atoms with Crippen molar-refractivity contribution in [2.75, 3.05) is 13.7 Å². The second-order valence-electron chi connectivity index (χ2n) is 5.52. The lowest BCUT2D eigenvalue weighted by Crippen LogP contribution is -2.17. The van der Waals surface area contributed by atoms with Crippen molar-refractivity contribution in [3.8, 4) is 0 Å². The van der Waals surface area contributed by atoms with Crippen LogP contribution in [0.2, 0.25) is 0 Å². The fraction of sp³-hybridized carbons (Fsp3) is 0.846. The van der Waals surface area contributed by atoms with Crippen molar-refractivity contribution >= 4 is 0 Å². The van der Waals surface area contributed by atoms with Crippen LogP contribution < -0.4 is 5.73 Å². The molecule has 5 nitrogen and oxygen atoms in total. The molecule has 18 heavy (non-hydrogen) atoms. The van der Waals surface area contributed by atoms with Crippen molar-refractivity contribution < 1.29 is 9.26 Å². The molecule has 2 fully saturated rings. The lowest BCUT2D eigenvalue weighted by atomic mass is 9.96. The molecule has 2 aliphatic carbocycles. The topological polar surface area (TPSA) is 74.2 Å². The molecule has 2 N–H and O–H groups in total. The molecular formula is C13H21N3O2. The molecule has 0 spiro atoms. The molecule has 0 saturated heterocycles. The minimum atomic E-state index is 0.0141. The van der Waals surface area contributed by atoms with E-state index in [0.29, 0.717) is 24.3 Å². The van der Waals surface area contributed by atoms with Crippen LogP contribution in [-0.2, 0) is 4.74 Å². The van der Waals surface area contributed by atoms with E-state index in [-0.39, 0.29) is 6.10 Å². The number of hydrogen-bond acceptors (Lipinski definition) is 5. The Balaban J connectivity index is 1.76. The van der Waals surface area contributed by atoms with Gasteiger partial charge in [-0.15, -0.1) is 0 Å². The summed E-state index contributed by atoms with van der Waals surface area (Å²) in [6.07, 6.45) is 5.93. The maximum Gasteiger partial charge on any atom is 0.230 e. The zero-order chi connectivity index (χ0) is 12.5. The first kappa shape index (κ1) is 12.1. The molecule has 1 aromatic heterocycles. The standard InChI is InChI=1S/C13H21N3O2/c1-17-11(8-5-6-8)12-15-13(18-16-12)10-4-2-3-9(10)7-14/h8-11H,2-7,14H2,1H3. The normalized spacial score (nSPS) is 29.7. The number of aromatic nitrogens is 2. The van der Waals surface area contributed by atoms with Crippen LogP contribution in [0.3, 0.4) is 0 Å². The van der Waals surface area contributed by atoms with Crippen molar-refractivity contribution in [1.29, 1.82) is 0 Å². The number of ether oxygens (including phenoxy) is 1. The van der Waals surface area contributed by atoms with Crippen molar-refractivity contribution in [1.82, 2.24) is 10.1 Å². The number of methoxy groups -OCH3 is 1. The Hall–Kier alpha value is -0.940. The van der Waals surface area contributed by atoms with Crippen LogP contribution >= 0.6 is 0 Å². The van der Waals surface area contributed by atoms with Gasteiger partial charge >= 0.3 is 0 Å². The monoisotopic (exact) mass is 251 g/mol. The largest absolute Gasteiger partial charge is 0.373 e. The summed E-state index contributed by atoms with van der Waals surface area (Å²) in [5.41, 5.74) is 5.80. The van der Waals surface area contributed by atoms with Gasteiger partial charge < -0.3 is 15.0 Å². The summed E-state index contributed by atoms with van der Waals surface area (Å²) in [5.74, 6) is 2.92. The highest BCUT2D eigenvalue weighted by Crippen LogP contribution is 2.43. The van der Waals surface area contributed by atoms with Gasteiger partial charge in [0.05, 0.1) is 0 Å². The summed E-state index contributed by atoms with van der Waals surface area (Å²) >= 11 is 0. The van der Waals surface area contributed by atoms with Crippen LogP contribution in [0, 0.1) is 11.8 Å². The summed E-state index contributed by atoms with van der Waals surface area (Å²) < 4.78 is 10.9. The van der Waals surface area contributed by atoms with Gasteiger partial charge in [0.1, 0.15) is 6.10 Å². The number of nitrogens with two attached hydrogens (primary N) is 1. The fourth-order valence-electron chi connectivity index (χ4n) is 3.07. The molecule has 3 unspecified atom stereocenters. The smallest absolute Gasteiger partial charge is 0.230 e. The lowest BCUT2D eigenvalue weighted by molar-refractivity contribution is 0.0751. The molecule has 3 atom stereocenters. The molecule has 100 valence electrons. The third-order valence-corrected chi connectivity index (χ3v) is 4.30. The molecule has 3 rings (SSSR count). The van der Waals surface area contributed by atoms with E-state index in [1.54, 1.807) is 7.11 Å². The van der Waals surface area contributed by atoms with E-state index in [0.717, 1.165) is 18.1 Å². The Morgan fingerprint density at radius 2 is 2.22 bits per heavy atom. The average Bonchev–Trinajstić information content (AvgIpc) is 2.94. The lowest BCUT2D eigenvalue weighted by Gasteiger charge is -2.13. The van der Waals surface area contributed by atoms with Crippen LogP contribution in [0.1, 0.15) is 55.8 Å². The highest BCUT2D eigenvalue weighted by atomic mass is 16.5. The van der Waals surface area contributed by atoms with Crippen molar-refractivity contribution in [3.05, 3.63) is 11.7 Å². The first-order valence-corrected chi connectivity index (χ1v) is 6.89. The Morgan fingerprint density at radius 1 is 1.39 bits per heavy atom. The summed E-state index contributed by atoms with van der Waals surface area (Å²) in [6.45, 7) is 0.707. The zero-order valence-electron chi connectivity index (χ0n) is 10.8. The molecule has 0 bridgehead atoms. The summed E-state index contributed by atoms with van der Waals surface area (Å²) in [4.78, 5) is 4.56. The summed E-state index contributed by atoms with van der Waals surface area (Å²) in [7, 11) is 1.72. The SMILES string of the molecule is COC(c1noc(C2CCCC2CN)n1)C1CC1. The minimum absolute atomic E-state index is 0.0141. The van der Waals surface area contributed by atoms with Crippen LogP contribution in [0.25, 0.3) is 0 Å². The van der Waals surface area contributed by atoms with Gasteiger partial charge in [0.25, 0.3) is 0 Å². The highest BCUT2D eigenvalue weighted by Gasteiger charge is 2.37. The molecule has 1 aromatic rings. The predicted octanol–water partition coefficient (Wildman–Crippen LogP) is 2.01. The van der Waals surface area contributed by atoms with Crippen molar-refractivity contribution in [3.63, 3.8) is 0 Å². The van der Waals surface area contributed by atoms with Gasteiger partial charge in [-0.2, -0.15) is 4.98 Å². The van der Waals surface area contributed by atoms with Gasteiger partial charge in [-0.1, -0.05) is 11.6 Å². The van der Waals surface area contributed by atoms with Gasteiger partial charge in [-0.05, 0) is 44.1 Å². The van der Waals surface area contributed by atoms with Crippen LogP contribution in [0.5, 0.6) is 0 Å². The van der Waals surface area contributed by atoms with E-state index >= 15 is 0 Å². The van der Waals surface area contributed by atoms with Crippen molar-refractivity contribution in [2.24, 2.45) is 17.6 Å². The predicted molar refractivity (Wildman–Crippen MR) is 65.9 cm³/mol. The third kappa shape index (κ3) is 2.17. The first-order chi connectivity index (χ1) is 8.83. The molecule has 0 aliphatic heterocycles. The molecular weight excluding hydrogens is 230 g/mol. The van der Waals surface area contributed by atoms with E-state index in [9.17, 15) is 0 Å². The van der Waals surface area contributed by atoms with Crippen LogP contribution in [0.4, 0.5) is 0 Å². The minimum Gasteiger partial charge on any atom is -0.373 e. The number of rotatable bonds is 5. The molecule has 2 aliphatic rings. The molecule has 2 saturated carbocycles.